The number of rotatable bonds is 4. The first-order valence-electron chi connectivity index (χ1n) is 9.06. The average Bonchev–Trinajstić information content (AvgIpc) is 3.00. The van der Waals surface area contributed by atoms with E-state index in [9.17, 15) is 18.8 Å². The second-order valence-corrected chi connectivity index (χ2v) is 7.65. The number of para-hydroxylation sites is 1. The van der Waals surface area contributed by atoms with Crippen molar-refractivity contribution in [2.75, 3.05) is 4.90 Å². The van der Waals surface area contributed by atoms with Crippen molar-refractivity contribution in [3.63, 3.8) is 0 Å². The van der Waals surface area contributed by atoms with E-state index in [1.165, 1.54) is 30.3 Å². The lowest BCUT2D eigenvalue weighted by molar-refractivity contribution is -0.135. The molecule has 0 bridgehead atoms. The summed E-state index contributed by atoms with van der Waals surface area (Å²) in [6.45, 7) is 0. The van der Waals surface area contributed by atoms with E-state index in [0.717, 1.165) is 4.90 Å². The van der Waals surface area contributed by atoms with Gasteiger partial charge in [0.2, 0.25) is 5.78 Å². The highest BCUT2D eigenvalue weighted by atomic mass is 35.5. The Labute approximate surface area is 181 Å². The van der Waals surface area contributed by atoms with Crippen molar-refractivity contribution >= 4 is 46.4 Å². The van der Waals surface area contributed by atoms with Crippen LogP contribution in [0.3, 0.4) is 0 Å². The van der Waals surface area contributed by atoms with Crippen molar-refractivity contribution in [3.8, 4) is 0 Å². The van der Waals surface area contributed by atoms with Crippen LogP contribution in [0.2, 0.25) is 10.0 Å². The molecule has 0 saturated carbocycles. The minimum absolute atomic E-state index is 0.0785. The third-order valence-corrected chi connectivity index (χ3v) is 5.63. The van der Waals surface area contributed by atoms with Crippen LogP contribution in [-0.2, 0) is 9.59 Å². The van der Waals surface area contributed by atoms with Crippen molar-refractivity contribution in [2.24, 2.45) is 5.92 Å². The summed E-state index contributed by atoms with van der Waals surface area (Å²) in [6.07, 6.45) is 0. The van der Waals surface area contributed by atoms with Crippen LogP contribution in [-0.4, -0.2) is 17.5 Å². The van der Waals surface area contributed by atoms with E-state index in [-0.39, 0.29) is 16.3 Å². The first-order chi connectivity index (χ1) is 14.4. The number of carbonyl (C=O) groups excluding carboxylic acids is 3. The number of nitrogens with zero attached hydrogens (tertiary/aromatic N) is 1. The van der Waals surface area contributed by atoms with Gasteiger partial charge in [0.1, 0.15) is 11.7 Å². The molecule has 1 amide bonds. The van der Waals surface area contributed by atoms with E-state index < -0.39 is 35.3 Å². The summed E-state index contributed by atoms with van der Waals surface area (Å²) in [6, 6.07) is 17.3. The van der Waals surface area contributed by atoms with Crippen LogP contribution in [0.5, 0.6) is 0 Å². The Balaban J connectivity index is 1.90. The summed E-state index contributed by atoms with van der Waals surface area (Å²) >= 11 is 12.1. The predicted molar refractivity (Wildman–Crippen MR) is 112 cm³/mol. The second-order valence-electron chi connectivity index (χ2n) is 6.81. The molecule has 0 aromatic heterocycles. The lowest BCUT2D eigenvalue weighted by atomic mass is 9.86. The highest BCUT2D eigenvalue weighted by molar-refractivity contribution is 6.49. The molecular weight excluding hydrogens is 428 g/mol. The van der Waals surface area contributed by atoms with Gasteiger partial charge in [-0.15, -0.1) is 0 Å². The maximum atomic E-state index is 14.6. The molecule has 3 aromatic rings. The molecule has 2 unspecified atom stereocenters. The van der Waals surface area contributed by atoms with Crippen LogP contribution >= 0.6 is 23.2 Å². The largest absolute Gasteiger partial charge is 0.295 e. The van der Waals surface area contributed by atoms with Gasteiger partial charge in [-0.1, -0.05) is 59.6 Å². The van der Waals surface area contributed by atoms with Crippen LogP contribution in [0.25, 0.3) is 0 Å². The zero-order chi connectivity index (χ0) is 21.4. The van der Waals surface area contributed by atoms with Crippen molar-refractivity contribution < 1.29 is 18.8 Å². The Morgan fingerprint density at radius 1 is 0.867 bits per heavy atom. The summed E-state index contributed by atoms with van der Waals surface area (Å²) in [5.74, 6) is -4.52. The van der Waals surface area contributed by atoms with Gasteiger partial charge in [-0.3, -0.25) is 19.3 Å². The van der Waals surface area contributed by atoms with Crippen LogP contribution < -0.4 is 4.90 Å². The molecule has 4 rings (SSSR count). The number of hydrogen-bond donors (Lipinski definition) is 0. The van der Waals surface area contributed by atoms with Gasteiger partial charge in [0.05, 0.1) is 16.8 Å². The van der Waals surface area contributed by atoms with Gasteiger partial charge in [0.25, 0.3) is 5.91 Å². The molecule has 0 aliphatic carbocycles. The molecule has 0 radical (unpaired) electrons. The summed E-state index contributed by atoms with van der Waals surface area (Å²) in [5.41, 5.74) is 0.525. The minimum atomic E-state index is -1.38. The summed E-state index contributed by atoms with van der Waals surface area (Å²) < 4.78 is 14.6. The fraction of sp³-hybridized carbons (Fsp3) is 0.0870. The predicted octanol–water partition coefficient (Wildman–Crippen LogP) is 5.29. The van der Waals surface area contributed by atoms with Crippen LogP contribution in [0.4, 0.5) is 10.1 Å². The Morgan fingerprint density at radius 3 is 2.17 bits per heavy atom. The van der Waals surface area contributed by atoms with Crippen LogP contribution in [0, 0.1) is 11.7 Å². The zero-order valence-electron chi connectivity index (χ0n) is 15.4. The van der Waals surface area contributed by atoms with Crippen molar-refractivity contribution in [3.05, 3.63) is 99.8 Å². The molecule has 1 saturated heterocycles. The molecule has 150 valence electrons. The number of anilines is 1. The molecule has 1 aliphatic rings. The number of halogens is 3. The van der Waals surface area contributed by atoms with E-state index in [1.54, 1.807) is 42.5 Å². The van der Waals surface area contributed by atoms with Gasteiger partial charge < -0.3 is 0 Å². The molecule has 7 heteroatoms. The topological polar surface area (TPSA) is 54.5 Å². The monoisotopic (exact) mass is 441 g/mol. The first kappa shape index (κ1) is 20.3. The van der Waals surface area contributed by atoms with Gasteiger partial charge in [-0.25, -0.2) is 4.39 Å². The molecule has 2 atom stereocenters. The fourth-order valence-electron chi connectivity index (χ4n) is 3.67. The Kier molecular flexibility index (Phi) is 5.41. The lowest BCUT2D eigenvalue weighted by Crippen LogP contribution is -2.31. The molecule has 1 heterocycles. The maximum absolute atomic E-state index is 14.6. The van der Waals surface area contributed by atoms with Crippen molar-refractivity contribution in [2.45, 2.75) is 6.04 Å². The number of ketones is 2. The third-order valence-electron chi connectivity index (χ3n) is 5.05. The van der Waals surface area contributed by atoms with E-state index in [2.05, 4.69) is 0 Å². The van der Waals surface area contributed by atoms with E-state index in [1.807, 2.05) is 0 Å². The van der Waals surface area contributed by atoms with E-state index >= 15 is 0 Å². The van der Waals surface area contributed by atoms with Crippen molar-refractivity contribution in [1.29, 1.82) is 0 Å². The number of benzene rings is 3. The van der Waals surface area contributed by atoms with Crippen LogP contribution in [0.15, 0.2) is 72.8 Å². The van der Waals surface area contributed by atoms with Gasteiger partial charge in [-0.2, -0.15) is 0 Å². The van der Waals surface area contributed by atoms with Gasteiger partial charge in [0, 0.05) is 10.6 Å². The van der Waals surface area contributed by atoms with Gasteiger partial charge in [0.15, 0.2) is 5.78 Å². The first-order valence-corrected chi connectivity index (χ1v) is 9.82. The van der Waals surface area contributed by atoms with E-state index in [4.69, 9.17) is 23.2 Å². The smallest absolute Gasteiger partial charge is 0.294 e. The molecule has 0 N–H and O–H groups in total. The number of hydrogen-bond acceptors (Lipinski definition) is 3. The average molecular weight is 442 g/mol. The molecule has 1 fully saturated rings. The number of Topliss-reactive ketones (excluding diaryl/α,β-unsaturated/α-hetero) is 2. The SMILES string of the molecule is O=C1C(=O)N(c2ccccc2F)C(c2ccc(Cl)cc2)C1C(=O)c1ccccc1Cl. The summed E-state index contributed by atoms with van der Waals surface area (Å²) in [7, 11) is 0. The molecular formula is C23H14Cl2FNO3. The summed E-state index contributed by atoms with van der Waals surface area (Å²) in [5, 5.41) is 0.614. The standard InChI is InChI=1S/C23H14Cl2FNO3/c24-14-11-9-13(10-12-14)20-19(21(28)15-5-1-2-6-16(15)25)22(29)23(30)27(20)18-8-4-3-7-17(18)26/h1-12,19-20H. The number of amides is 1. The third kappa shape index (κ3) is 3.40. The lowest BCUT2D eigenvalue weighted by Gasteiger charge is -2.27. The zero-order valence-corrected chi connectivity index (χ0v) is 16.9. The van der Waals surface area contributed by atoms with Gasteiger partial charge in [-0.05, 0) is 42.0 Å². The highest BCUT2D eigenvalue weighted by Gasteiger charge is 2.53. The quantitative estimate of drug-likeness (QED) is 0.314. The molecule has 3 aromatic carbocycles. The summed E-state index contributed by atoms with van der Waals surface area (Å²) in [4.78, 5) is 40.3. The van der Waals surface area contributed by atoms with E-state index in [0.29, 0.717) is 10.6 Å². The van der Waals surface area contributed by atoms with Gasteiger partial charge >= 0.3 is 0 Å². The molecule has 30 heavy (non-hydrogen) atoms. The molecule has 4 nitrogen and oxygen atoms in total. The minimum Gasteiger partial charge on any atom is -0.294 e. The normalized spacial score (nSPS) is 18.7. The number of carbonyl (C=O) groups is 3. The highest BCUT2D eigenvalue weighted by Crippen LogP contribution is 2.42. The van der Waals surface area contributed by atoms with Crippen LogP contribution in [0.1, 0.15) is 22.0 Å². The molecule has 0 spiro atoms. The second kappa shape index (κ2) is 8.01. The molecule has 1 aliphatic heterocycles. The Hall–Kier alpha value is -3.02. The fourth-order valence-corrected chi connectivity index (χ4v) is 4.02. The maximum Gasteiger partial charge on any atom is 0.295 e. The Morgan fingerprint density at radius 2 is 1.50 bits per heavy atom. The van der Waals surface area contributed by atoms with Crippen molar-refractivity contribution in [1.82, 2.24) is 0 Å². The Bertz CT molecular complexity index is 1160.